The zero-order valence-corrected chi connectivity index (χ0v) is 15.6. The molecule has 0 bridgehead atoms. The van der Waals surface area contributed by atoms with E-state index in [0.29, 0.717) is 24.6 Å². The van der Waals surface area contributed by atoms with Gasteiger partial charge >= 0.3 is 0 Å². The van der Waals surface area contributed by atoms with Crippen LogP contribution in [0, 0.1) is 12.7 Å². The van der Waals surface area contributed by atoms with Crippen molar-refractivity contribution in [3.63, 3.8) is 0 Å². The highest BCUT2D eigenvalue weighted by Gasteiger charge is 2.14. The van der Waals surface area contributed by atoms with Gasteiger partial charge in [0.15, 0.2) is 11.8 Å². The second kappa shape index (κ2) is 8.78. The number of hydrogen-bond acceptors (Lipinski definition) is 3. The van der Waals surface area contributed by atoms with Gasteiger partial charge in [0.25, 0.3) is 0 Å². The summed E-state index contributed by atoms with van der Waals surface area (Å²) in [5, 5.41) is 15.2. The number of fused-ring (bicyclic) bond motifs is 1. The van der Waals surface area contributed by atoms with Gasteiger partial charge in [-0.05, 0) is 43.9 Å². The average Bonchev–Trinajstić information content (AvgIpc) is 2.86. The van der Waals surface area contributed by atoms with Gasteiger partial charge in [-0.15, -0.1) is 10.2 Å². The smallest absolute Gasteiger partial charge is 0.191 e. The Balaban J connectivity index is 1.65. The maximum Gasteiger partial charge on any atom is 0.191 e. The van der Waals surface area contributed by atoms with Crippen molar-refractivity contribution < 1.29 is 4.39 Å². The second-order valence-corrected chi connectivity index (χ2v) is 6.63. The number of aryl methyl sites for hydroxylation is 2. The van der Waals surface area contributed by atoms with E-state index >= 15 is 0 Å². The maximum absolute atomic E-state index is 13.7. The Labute approximate surface area is 153 Å². The highest BCUT2D eigenvalue weighted by molar-refractivity contribution is 5.79. The highest BCUT2D eigenvalue weighted by atomic mass is 19.1. The Morgan fingerprint density at radius 1 is 1.23 bits per heavy atom. The molecule has 0 aliphatic carbocycles. The Morgan fingerprint density at radius 3 is 2.92 bits per heavy atom. The molecule has 7 heteroatoms. The third-order valence-corrected chi connectivity index (χ3v) is 4.60. The number of nitrogens with zero attached hydrogens (tertiary/aromatic N) is 4. The van der Waals surface area contributed by atoms with E-state index in [1.165, 1.54) is 19.3 Å². The molecule has 2 heterocycles. The molecule has 0 unspecified atom stereocenters. The zero-order valence-electron chi connectivity index (χ0n) is 15.6. The lowest BCUT2D eigenvalue weighted by Gasteiger charge is -2.12. The molecule has 0 spiro atoms. The van der Waals surface area contributed by atoms with E-state index in [4.69, 9.17) is 0 Å². The van der Waals surface area contributed by atoms with Crippen LogP contribution >= 0.6 is 0 Å². The number of halogens is 1. The first-order valence-corrected chi connectivity index (χ1v) is 9.35. The minimum Gasteiger partial charge on any atom is -0.357 e. The van der Waals surface area contributed by atoms with Crippen LogP contribution in [0.4, 0.5) is 4.39 Å². The molecule has 1 aromatic carbocycles. The van der Waals surface area contributed by atoms with Gasteiger partial charge in [-0.3, -0.25) is 0 Å². The number of aromatic nitrogens is 3. The molecule has 2 N–H and O–H groups in total. The quantitative estimate of drug-likeness (QED) is 0.637. The molecule has 26 heavy (non-hydrogen) atoms. The number of hydrogen-bond donors (Lipinski definition) is 2. The van der Waals surface area contributed by atoms with Gasteiger partial charge in [0.1, 0.15) is 11.6 Å². The molecule has 1 aromatic heterocycles. The van der Waals surface area contributed by atoms with Crippen molar-refractivity contribution in [1.29, 1.82) is 0 Å². The predicted octanol–water partition coefficient (Wildman–Crippen LogP) is 2.71. The molecular weight excluding hydrogens is 331 g/mol. The van der Waals surface area contributed by atoms with Crippen molar-refractivity contribution >= 4 is 5.96 Å². The van der Waals surface area contributed by atoms with E-state index in [9.17, 15) is 4.39 Å². The number of benzene rings is 1. The van der Waals surface area contributed by atoms with E-state index < -0.39 is 0 Å². The summed E-state index contributed by atoms with van der Waals surface area (Å²) in [4.78, 5) is 4.55. The Morgan fingerprint density at radius 2 is 2.12 bits per heavy atom. The summed E-state index contributed by atoms with van der Waals surface area (Å²) in [6.45, 7) is 6.51. The van der Waals surface area contributed by atoms with Crippen LogP contribution in [0.25, 0.3) is 0 Å². The molecule has 0 saturated heterocycles. The first-order valence-electron chi connectivity index (χ1n) is 9.35. The molecule has 3 rings (SSSR count). The van der Waals surface area contributed by atoms with Crippen LogP contribution in [0.2, 0.25) is 0 Å². The summed E-state index contributed by atoms with van der Waals surface area (Å²) in [6, 6.07) is 5.23. The Bertz CT molecular complexity index is 767. The van der Waals surface area contributed by atoms with E-state index in [1.54, 1.807) is 19.1 Å². The van der Waals surface area contributed by atoms with Crippen molar-refractivity contribution in [1.82, 2.24) is 25.4 Å². The van der Waals surface area contributed by atoms with Crippen LogP contribution in [-0.2, 0) is 26.1 Å². The van der Waals surface area contributed by atoms with E-state index in [1.807, 2.05) is 13.0 Å². The minimum atomic E-state index is -0.193. The second-order valence-electron chi connectivity index (χ2n) is 6.63. The van der Waals surface area contributed by atoms with E-state index in [-0.39, 0.29) is 5.82 Å². The lowest BCUT2D eigenvalue weighted by Crippen LogP contribution is -2.37. The van der Waals surface area contributed by atoms with Gasteiger partial charge in [0.2, 0.25) is 0 Å². The molecule has 0 atom stereocenters. The van der Waals surface area contributed by atoms with Crippen LogP contribution in [0.3, 0.4) is 0 Å². The fourth-order valence-corrected chi connectivity index (χ4v) is 3.09. The van der Waals surface area contributed by atoms with Gasteiger partial charge in [0.05, 0.1) is 13.1 Å². The molecule has 1 aliphatic heterocycles. The number of rotatable bonds is 5. The lowest BCUT2D eigenvalue weighted by atomic mass is 10.1. The molecule has 1 aliphatic rings. The molecule has 0 radical (unpaired) electrons. The van der Waals surface area contributed by atoms with Crippen molar-refractivity contribution in [3.8, 4) is 0 Å². The summed E-state index contributed by atoms with van der Waals surface area (Å²) in [5.74, 6) is 2.52. The third kappa shape index (κ3) is 4.59. The summed E-state index contributed by atoms with van der Waals surface area (Å²) in [7, 11) is 0. The topological polar surface area (TPSA) is 67.1 Å². The highest BCUT2D eigenvalue weighted by Crippen LogP contribution is 2.14. The Kier molecular flexibility index (Phi) is 6.20. The zero-order chi connectivity index (χ0) is 18.4. The third-order valence-electron chi connectivity index (χ3n) is 4.60. The Hall–Kier alpha value is -2.44. The van der Waals surface area contributed by atoms with Crippen LogP contribution in [0.15, 0.2) is 23.2 Å². The normalized spacial score (nSPS) is 14.7. The molecule has 140 valence electrons. The maximum atomic E-state index is 13.7. The number of nitrogens with one attached hydrogen (secondary N) is 2. The SMILES string of the molecule is CCNC(=NCc1ccc(C)c(F)c1)NCc1nnc2n1CCCCC2. The monoisotopic (exact) mass is 358 g/mol. The van der Waals surface area contributed by atoms with Crippen molar-refractivity contribution in [3.05, 3.63) is 46.8 Å². The summed E-state index contributed by atoms with van der Waals surface area (Å²) in [6.07, 6.45) is 4.60. The number of aliphatic imine (C=N–C) groups is 1. The molecule has 0 amide bonds. The summed E-state index contributed by atoms with van der Waals surface area (Å²) >= 11 is 0. The van der Waals surface area contributed by atoms with Crippen LogP contribution in [-0.4, -0.2) is 27.3 Å². The van der Waals surface area contributed by atoms with Gasteiger partial charge in [-0.1, -0.05) is 18.6 Å². The number of guanidine groups is 1. The van der Waals surface area contributed by atoms with E-state index in [2.05, 4.69) is 30.4 Å². The largest absolute Gasteiger partial charge is 0.357 e. The lowest BCUT2D eigenvalue weighted by molar-refractivity contribution is 0.596. The van der Waals surface area contributed by atoms with Crippen molar-refractivity contribution in [2.75, 3.05) is 6.54 Å². The molecule has 0 saturated carbocycles. The minimum absolute atomic E-state index is 0.193. The van der Waals surface area contributed by atoms with Gasteiger partial charge < -0.3 is 15.2 Å². The van der Waals surface area contributed by atoms with Crippen LogP contribution in [0.1, 0.15) is 49.0 Å². The van der Waals surface area contributed by atoms with Crippen LogP contribution in [0.5, 0.6) is 0 Å². The van der Waals surface area contributed by atoms with Gasteiger partial charge in [0, 0.05) is 19.5 Å². The van der Waals surface area contributed by atoms with Gasteiger partial charge in [-0.25, -0.2) is 9.38 Å². The standard InChI is InChI=1S/C19H27FN6/c1-3-21-19(22-12-15-9-8-14(2)16(20)11-15)23-13-18-25-24-17-7-5-4-6-10-26(17)18/h8-9,11H,3-7,10,12-13H2,1-2H3,(H2,21,22,23). The molecular formula is C19H27FN6. The van der Waals surface area contributed by atoms with E-state index in [0.717, 1.165) is 36.7 Å². The van der Waals surface area contributed by atoms with Crippen molar-refractivity contribution in [2.24, 2.45) is 4.99 Å². The summed E-state index contributed by atoms with van der Waals surface area (Å²) in [5.41, 5.74) is 1.50. The molecule has 6 nitrogen and oxygen atoms in total. The molecule has 0 fully saturated rings. The summed E-state index contributed by atoms with van der Waals surface area (Å²) < 4.78 is 15.9. The fraction of sp³-hybridized carbons (Fsp3) is 0.526. The predicted molar refractivity (Wildman–Crippen MR) is 100 cm³/mol. The van der Waals surface area contributed by atoms with Crippen LogP contribution < -0.4 is 10.6 Å². The van der Waals surface area contributed by atoms with Gasteiger partial charge in [-0.2, -0.15) is 0 Å². The van der Waals surface area contributed by atoms with Crippen molar-refractivity contribution in [2.45, 2.75) is 59.2 Å². The average molecular weight is 358 g/mol. The first kappa shape index (κ1) is 18.4. The fourth-order valence-electron chi connectivity index (χ4n) is 3.09. The first-order chi connectivity index (χ1) is 12.7. The molecule has 2 aromatic rings.